The van der Waals surface area contributed by atoms with Gasteiger partial charge in [-0.05, 0) is 31.4 Å². The van der Waals surface area contributed by atoms with Gasteiger partial charge in [0.1, 0.15) is 0 Å². The van der Waals surface area contributed by atoms with Crippen LogP contribution in [-0.2, 0) is 10.3 Å². The molecule has 0 aliphatic carbocycles. The first-order valence-corrected chi connectivity index (χ1v) is 6.97. The van der Waals surface area contributed by atoms with Crippen molar-refractivity contribution in [2.45, 2.75) is 58.2 Å². The quantitative estimate of drug-likeness (QED) is 0.887. The minimum atomic E-state index is -0.699. The van der Waals surface area contributed by atoms with Crippen LogP contribution in [0.5, 0.6) is 0 Å². The van der Waals surface area contributed by atoms with E-state index in [2.05, 4.69) is 39.0 Å². The maximum atomic E-state index is 10.9. The Labute approximate surface area is 110 Å². The van der Waals surface area contributed by atoms with E-state index in [-0.39, 0.29) is 6.10 Å². The molecule has 2 rings (SSSR count). The Morgan fingerprint density at radius 2 is 2.17 bits per heavy atom. The predicted molar refractivity (Wildman–Crippen MR) is 73.7 cm³/mol. The van der Waals surface area contributed by atoms with Crippen molar-refractivity contribution < 1.29 is 9.84 Å². The molecule has 0 radical (unpaired) electrons. The van der Waals surface area contributed by atoms with Crippen LogP contribution in [0.15, 0.2) is 18.2 Å². The molecule has 0 bridgehead atoms. The Morgan fingerprint density at radius 1 is 1.39 bits per heavy atom. The van der Waals surface area contributed by atoms with Gasteiger partial charge in [-0.2, -0.15) is 0 Å². The lowest BCUT2D eigenvalue weighted by Crippen LogP contribution is -2.39. The number of aliphatic hydroxyl groups is 1. The summed E-state index contributed by atoms with van der Waals surface area (Å²) in [4.78, 5) is 0. The van der Waals surface area contributed by atoms with Gasteiger partial charge in [0.25, 0.3) is 0 Å². The van der Waals surface area contributed by atoms with Gasteiger partial charge in [-0.25, -0.2) is 0 Å². The van der Waals surface area contributed by atoms with Crippen LogP contribution in [0.4, 0.5) is 0 Å². The highest BCUT2D eigenvalue weighted by Gasteiger charge is 2.37. The maximum absolute atomic E-state index is 10.9. The van der Waals surface area contributed by atoms with Gasteiger partial charge < -0.3 is 9.84 Å². The van der Waals surface area contributed by atoms with Gasteiger partial charge in [-0.3, -0.25) is 0 Å². The van der Waals surface area contributed by atoms with E-state index in [1.807, 2.05) is 0 Å². The molecular formula is C16H24O2. The molecule has 0 amide bonds. The number of aryl methyl sites for hydroxylation is 2. The monoisotopic (exact) mass is 248 g/mol. The lowest BCUT2D eigenvalue weighted by Gasteiger charge is -2.38. The summed E-state index contributed by atoms with van der Waals surface area (Å²) in [5.74, 6) is 0. The second-order valence-electron chi connectivity index (χ2n) is 5.59. The zero-order valence-corrected chi connectivity index (χ0v) is 11.7. The van der Waals surface area contributed by atoms with Crippen molar-refractivity contribution in [1.82, 2.24) is 0 Å². The third-order valence-corrected chi connectivity index (χ3v) is 3.93. The van der Waals surface area contributed by atoms with Gasteiger partial charge in [-0.1, -0.05) is 37.1 Å². The molecule has 1 aliphatic heterocycles. The molecule has 1 heterocycles. The van der Waals surface area contributed by atoms with E-state index in [0.717, 1.165) is 24.8 Å². The Bertz CT molecular complexity index is 412. The molecule has 1 fully saturated rings. The van der Waals surface area contributed by atoms with Crippen LogP contribution >= 0.6 is 0 Å². The van der Waals surface area contributed by atoms with E-state index < -0.39 is 5.60 Å². The molecule has 0 saturated carbocycles. The molecule has 1 aromatic carbocycles. The molecule has 2 atom stereocenters. The molecule has 1 N–H and O–H groups in total. The number of hydrogen-bond acceptors (Lipinski definition) is 2. The molecule has 18 heavy (non-hydrogen) atoms. The standard InChI is InChI=1S/C16H24O2/c1-4-5-14-11-16(17,8-9-18-14)15-7-6-12(2)10-13(15)3/h6-7,10,14,17H,4-5,8-9,11H2,1-3H3. The van der Waals surface area contributed by atoms with Crippen molar-refractivity contribution in [3.05, 3.63) is 34.9 Å². The first-order valence-electron chi connectivity index (χ1n) is 6.97. The van der Waals surface area contributed by atoms with Crippen LogP contribution in [0.25, 0.3) is 0 Å². The summed E-state index contributed by atoms with van der Waals surface area (Å²) in [5.41, 5.74) is 2.82. The van der Waals surface area contributed by atoms with Gasteiger partial charge in [0.05, 0.1) is 18.3 Å². The summed E-state index contributed by atoms with van der Waals surface area (Å²) in [5, 5.41) is 10.9. The van der Waals surface area contributed by atoms with Gasteiger partial charge >= 0.3 is 0 Å². The Morgan fingerprint density at radius 3 is 2.83 bits per heavy atom. The first-order chi connectivity index (χ1) is 8.55. The molecule has 0 aromatic heterocycles. The molecule has 2 heteroatoms. The smallest absolute Gasteiger partial charge is 0.0945 e. The third kappa shape index (κ3) is 2.76. The first kappa shape index (κ1) is 13.6. The highest BCUT2D eigenvalue weighted by molar-refractivity contribution is 5.35. The van der Waals surface area contributed by atoms with E-state index in [9.17, 15) is 5.11 Å². The van der Waals surface area contributed by atoms with Gasteiger partial charge in [0, 0.05) is 12.8 Å². The van der Waals surface area contributed by atoms with Crippen LogP contribution in [0, 0.1) is 13.8 Å². The average molecular weight is 248 g/mol. The van der Waals surface area contributed by atoms with Crippen molar-refractivity contribution in [2.75, 3.05) is 6.61 Å². The van der Waals surface area contributed by atoms with Crippen molar-refractivity contribution in [3.8, 4) is 0 Å². The summed E-state index contributed by atoms with van der Waals surface area (Å²) in [6, 6.07) is 6.32. The number of rotatable bonds is 3. The summed E-state index contributed by atoms with van der Waals surface area (Å²) in [6.07, 6.45) is 3.78. The lowest BCUT2D eigenvalue weighted by molar-refractivity contribution is -0.110. The summed E-state index contributed by atoms with van der Waals surface area (Å²) < 4.78 is 5.74. The minimum absolute atomic E-state index is 0.203. The normalized spacial score (nSPS) is 28.3. The van der Waals surface area contributed by atoms with E-state index in [1.54, 1.807) is 0 Å². The molecule has 2 unspecified atom stereocenters. The SMILES string of the molecule is CCCC1CC(O)(c2ccc(C)cc2C)CCO1. The van der Waals surface area contributed by atoms with E-state index in [0.29, 0.717) is 13.0 Å². The lowest BCUT2D eigenvalue weighted by atomic mass is 9.80. The summed E-state index contributed by atoms with van der Waals surface area (Å²) in [6.45, 7) is 7.00. The van der Waals surface area contributed by atoms with Crippen molar-refractivity contribution in [2.24, 2.45) is 0 Å². The molecule has 0 spiro atoms. The van der Waals surface area contributed by atoms with Crippen molar-refractivity contribution >= 4 is 0 Å². The number of benzene rings is 1. The second-order valence-corrected chi connectivity index (χ2v) is 5.59. The fourth-order valence-corrected chi connectivity index (χ4v) is 3.02. The Hall–Kier alpha value is -0.860. The minimum Gasteiger partial charge on any atom is -0.385 e. The zero-order valence-electron chi connectivity index (χ0n) is 11.7. The fraction of sp³-hybridized carbons (Fsp3) is 0.625. The fourth-order valence-electron chi connectivity index (χ4n) is 3.02. The highest BCUT2D eigenvalue weighted by atomic mass is 16.5. The van der Waals surface area contributed by atoms with Gasteiger partial charge in [0.2, 0.25) is 0 Å². The van der Waals surface area contributed by atoms with Crippen LogP contribution in [-0.4, -0.2) is 17.8 Å². The van der Waals surface area contributed by atoms with Gasteiger partial charge in [-0.15, -0.1) is 0 Å². The molecule has 1 aromatic rings. The Kier molecular flexibility index (Phi) is 4.08. The van der Waals surface area contributed by atoms with E-state index in [1.165, 1.54) is 11.1 Å². The van der Waals surface area contributed by atoms with Crippen molar-refractivity contribution in [1.29, 1.82) is 0 Å². The van der Waals surface area contributed by atoms with Gasteiger partial charge in [0.15, 0.2) is 0 Å². The predicted octanol–water partition coefficient (Wildman–Crippen LogP) is 3.47. The maximum Gasteiger partial charge on any atom is 0.0945 e. The van der Waals surface area contributed by atoms with Crippen LogP contribution < -0.4 is 0 Å². The molecule has 1 aliphatic rings. The molecule has 100 valence electrons. The number of ether oxygens (including phenoxy) is 1. The largest absolute Gasteiger partial charge is 0.385 e. The topological polar surface area (TPSA) is 29.5 Å². The summed E-state index contributed by atoms with van der Waals surface area (Å²) in [7, 11) is 0. The second kappa shape index (κ2) is 5.41. The molecule has 2 nitrogen and oxygen atoms in total. The van der Waals surface area contributed by atoms with Crippen LogP contribution in [0.1, 0.15) is 49.3 Å². The van der Waals surface area contributed by atoms with Crippen LogP contribution in [0.3, 0.4) is 0 Å². The molecular weight excluding hydrogens is 224 g/mol. The van der Waals surface area contributed by atoms with Crippen LogP contribution in [0.2, 0.25) is 0 Å². The highest BCUT2D eigenvalue weighted by Crippen LogP contribution is 2.37. The average Bonchev–Trinajstić information content (AvgIpc) is 2.28. The van der Waals surface area contributed by atoms with E-state index in [4.69, 9.17) is 4.74 Å². The third-order valence-electron chi connectivity index (χ3n) is 3.93. The number of hydrogen-bond donors (Lipinski definition) is 1. The Balaban J connectivity index is 2.24. The van der Waals surface area contributed by atoms with E-state index >= 15 is 0 Å². The summed E-state index contributed by atoms with van der Waals surface area (Å²) >= 11 is 0. The van der Waals surface area contributed by atoms with Crippen molar-refractivity contribution in [3.63, 3.8) is 0 Å². The molecule has 1 saturated heterocycles. The zero-order chi connectivity index (χ0) is 13.2.